The predicted octanol–water partition coefficient (Wildman–Crippen LogP) is 1.67. The first-order valence-corrected chi connectivity index (χ1v) is 6.41. The maximum atomic E-state index is 12.0. The lowest BCUT2D eigenvalue weighted by Gasteiger charge is -2.28. The normalized spacial score (nSPS) is 18.9. The number of pyridine rings is 1. The van der Waals surface area contributed by atoms with Gasteiger partial charge in [0.25, 0.3) is 0 Å². The second-order valence-corrected chi connectivity index (χ2v) is 5.34. The molecule has 0 radical (unpaired) electrons. The van der Waals surface area contributed by atoms with E-state index in [4.69, 9.17) is 0 Å². The molecule has 1 aliphatic heterocycles. The summed E-state index contributed by atoms with van der Waals surface area (Å²) >= 11 is 3.48. The first kappa shape index (κ1) is 11.0. The maximum Gasteiger partial charge on any atom is 0.326 e. The highest BCUT2D eigenvalue weighted by Gasteiger charge is 2.22. The Morgan fingerprint density at radius 2 is 2.18 bits per heavy atom. The number of hydrogen-bond acceptors (Lipinski definition) is 3. The molecule has 3 rings (SSSR count). The zero-order valence-corrected chi connectivity index (χ0v) is 10.9. The number of nitrogens with zero attached hydrogens (tertiary/aromatic N) is 3. The topological polar surface area (TPSA) is 53.9 Å². The molecule has 0 spiro atoms. The summed E-state index contributed by atoms with van der Waals surface area (Å²) in [5.41, 5.74) is 1.75. The molecular weight excluding hydrogens is 284 g/mol. The molecule has 0 amide bonds. The van der Waals surface area contributed by atoms with Gasteiger partial charge in [0.05, 0.1) is 17.2 Å². The molecular formula is C11H13BrN4O. The SMILES string of the molecule is O=c1[nH]c2cnccc2n1C1CCN(Br)CC1. The third-order valence-corrected chi connectivity index (χ3v) is 4.00. The van der Waals surface area contributed by atoms with Crippen molar-refractivity contribution in [1.29, 1.82) is 0 Å². The number of halogens is 1. The van der Waals surface area contributed by atoms with Crippen molar-refractivity contribution in [3.05, 3.63) is 28.9 Å². The van der Waals surface area contributed by atoms with Crippen molar-refractivity contribution in [2.45, 2.75) is 18.9 Å². The molecule has 90 valence electrons. The van der Waals surface area contributed by atoms with Crippen LogP contribution in [-0.4, -0.2) is 31.6 Å². The lowest BCUT2D eigenvalue weighted by atomic mass is 10.1. The van der Waals surface area contributed by atoms with Crippen LogP contribution in [0.4, 0.5) is 0 Å². The molecule has 3 heterocycles. The predicted molar refractivity (Wildman–Crippen MR) is 69.1 cm³/mol. The zero-order chi connectivity index (χ0) is 11.8. The summed E-state index contributed by atoms with van der Waals surface area (Å²) in [4.78, 5) is 18.9. The van der Waals surface area contributed by atoms with Crippen LogP contribution in [0, 0.1) is 0 Å². The molecule has 0 atom stereocenters. The molecule has 0 unspecified atom stereocenters. The van der Waals surface area contributed by atoms with Crippen LogP contribution >= 0.6 is 16.1 Å². The molecule has 1 N–H and O–H groups in total. The van der Waals surface area contributed by atoms with Crippen LogP contribution in [0.1, 0.15) is 18.9 Å². The van der Waals surface area contributed by atoms with E-state index in [-0.39, 0.29) is 11.7 Å². The second kappa shape index (κ2) is 4.27. The van der Waals surface area contributed by atoms with Crippen LogP contribution in [0.15, 0.2) is 23.3 Å². The Morgan fingerprint density at radius 3 is 2.94 bits per heavy atom. The van der Waals surface area contributed by atoms with Crippen LogP contribution in [-0.2, 0) is 0 Å². The number of fused-ring (bicyclic) bond motifs is 1. The average Bonchev–Trinajstić information content (AvgIpc) is 2.66. The van der Waals surface area contributed by atoms with E-state index in [1.807, 2.05) is 10.6 Å². The van der Waals surface area contributed by atoms with Crippen molar-refractivity contribution in [1.82, 2.24) is 18.5 Å². The summed E-state index contributed by atoms with van der Waals surface area (Å²) in [7, 11) is 0. The molecule has 2 aromatic rings. The van der Waals surface area contributed by atoms with E-state index >= 15 is 0 Å². The Kier molecular flexibility index (Phi) is 2.76. The number of nitrogens with one attached hydrogen (secondary N) is 1. The minimum atomic E-state index is -0.0268. The number of rotatable bonds is 1. The minimum absolute atomic E-state index is 0.0268. The van der Waals surface area contributed by atoms with E-state index in [0.29, 0.717) is 0 Å². The lowest BCUT2D eigenvalue weighted by molar-refractivity contribution is 0.298. The van der Waals surface area contributed by atoms with Crippen molar-refractivity contribution in [3.8, 4) is 0 Å². The highest BCUT2D eigenvalue weighted by molar-refractivity contribution is 9.07. The van der Waals surface area contributed by atoms with Crippen molar-refractivity contribution >= 4 is 27.2 Å². The van der Waals surface area contributed by atoms with Gasteiger partial charge in [-0.1, -0.05) is 0 Å². The van der Waals surface area contributed by atoms with E-state index in [2.05, 4.69) is 30.0 Å². The van der Waals surface area contributed by atoms with E-state index in [1.165, 1.54) is 0 Å². The summed E-state index contributed by atoms with van der Waals surface area (Å²) in [6, 6.07) is 2.18. The van der Waals surface area contributed by atoms with Gasteiger partial charge in [0.15, 0.2) is 0 Å². The van der Waals surface area contributed by atoms with Crippen LogP contribution < -0.4 is 5.69 Å². The number of aromatic amines is 1. The maximum absolute atomic E-state index is 12.0. The van der Waals surface area contributed by atoms with Gasteiger partial charge in [-0.25, -0.2) is 8.72 Å². The Labute approximate surface area is 107 Å². The first-order valence-electron chi connectivity index (χ1n) is 5.70. The molecule has 5 nitrogen and oxygen atoms in total. The Balaban J connectivity index is 2.05. The van der Waals surface area contributed by atoms with Crippen molar-refractivity contribution in [2.75, 3.05) is 13.1 Å². The lowest BCUT2D eigenvalue weighted by Crippen LogP contribution is -2.32. The molecule has 0 aliphatic carbocycles. The Hall–Kier alpha value is -1.14. The fourth-order valence-corrected chi connectivity index (χ4v) is 2.84. The monoisotopic (exact) mass is 296 g/mol. The molecule has 2 aromatic heterocycles. The molecule has 1 aliphatic rings. The molecule has 1 fully saturated rings. The van der Waals surface area contributed by atoms with Gasteiger partial charge in [0.2, 0.25) is 0 Å². The summed E-state index contributed by atoms with van der Waals surface area (Å²) < 4.78 is 3.99. The zero-order valence-electron chi connectivity index (χ0n) is 9.27. The molecule has 0 saturated carbocycles. The number of hydrogen-bond donors (Lipinski definition) is 1. The summed E-state index contributed by atoms with van der Waals surface area (Å²) in [5, 5.41) is 0. The Bertz CT molecular complexity index is 582. The number of piperidine rings is 1. The third-order valence-electron chi connectivity index (χ3n) is 3.29. The van der Waals surface area contributed by atoms with Gasteiger partial charge in [-0.2, -0.15) is 0 Å². The summed E-state index contributed by atoms with van der Waals surface area (Å²) in [6.07, 6.45) is 5.40. The van der Waals surface area contributed by atoms with Gasteiger partial charge in [0.1, 0.15) is 0 Å². The van der Waals surface area contributed by atoms with Crippen LogP contribution in [0.25, 0.3) is 11.0 Å². The molecule has 0 aromatic carbocycles. The number of aromatic nitrogens is 3. The van der Waals surface area contributed by atoms with E-state index < -0.39 is 0 Å². The summed E-state index contributed by atoms with van der Waals surface area (Å²) in [6.45, 7) is 1.93. The van der Waals surface area contributed by atoms with Crippen molar-refractivity contribution in [3.63, 3.8) is 0 Å². The van der Waals surface area contributed by atoms with Gasteiger partial charge < -0.3 is 4.98 Å². The van der Waals surface area contributed by atoms with Gasteiger partial charge >= 0.3 is 5.69 Å². The van der Waals surface area contributed by atoms with Crippen LogP contribution in [0.5, 0.6) is 0 Å². The highest BCUT2D eigenvalue weighted by Crippen LogP contribution is 2.25. The smallest absolute Gasteiger partial charge is 0.304 e. The fraction of sp³-hybridized carbons (Fsp3) is 0.455. The van der Waals surface area contributed by atoms with Gasteiger partial charge in [-0.05, 0) is 18.9 Å². The summed E-state index contributed by atoms with van der Waals surface area (Å²) in [5.74, 6) is 0. The van der Waals surface area contributed by atoms with Crippen LogP contribution in [0.3, 0.4) is 0 Å². The largest absolute Gasteiger partial charge is 0.326 e. The number of imidazole rings is 1. The second-order valence-electron chi connectivity index (χ2n) is 4.33. The quantitative estimate of drug-likeness (QED) is 0.815. The molecule has 0 bridgehead atoms. The third kappa shape index (κ3) is 1.91. The van der Waals surface area contributed by atoms with E-state index in [0.717, 1.165) is 37.0 Å². The van der Waals surface area contributed by atoms with Gasteiger partial charge in [-0.15, -0.1) is 0 Å². The van der Waals surface area contributed by atoms with Gasteiger partial charge in [0, 0.05) is 41.5 Å². The average molecular weight is 297 g/mol. The van der Waals surface area contributed by atoms with E-state index in [1.54, 1.807) is 12.4 Å². The van der Waals surface area contributed by atoms with Crippen LogP contribution in [0.2, 0.25) is 0 Å². The van der Waals surface area contributed by atoms with Crippen molar-refractivity contribution < 1.29 is 0 Å². The van der Waals surface area contributed by atoms with Gasteiger partial charge in [-0.3, -0.25) is 9.55 Å². The molecule has 17 heavy (non-hydrogen) atoms. The standard InChI is InChI=1S/C11H13BrN4O/c12-15-5-2-8(3-6-15)16-10-1-4-13-7-9(10)14-11(16)17/h1,4,7-8H,2-3,5-6H2,(H,14,17). The first-order chi connectivity index (χ1) is 8.25. The fourth-order valence-electron chi connectivity index (χ4n) is 2.43. The minimum Gasteiger partial charge on any atom is -0.304 e. The Morgan fingerprint density at radius 1 is 1.41 bits per heavy atom. The molecule has 1 saturated heterocycles. The van der Waals surface area contributed by atoms with Crippen molar-refractivity contribution in [2.24, 2.45) is 0 Å². The van der Waals surface area contributed by atoms with E-state index in [9.17, 15) is 4.79 Å². The number of H-pyrrole nitrogens is 1. The highest BCUT2D eigenvalue weighted by atomic mass is 79.9. The molecule has 6 heteroatoms.